The predicted octanol–water partition coefficient (Wildman–Crippen LogP) is 2.87. The van der Waals surface area contributed by atoms with Gasteiger partial charge in [0.25, 0.3) is 0 Å². The van der Waals surface area contributed by atoms with Gasteiger partial charge in [-0.25, -0.2) is 4.79 Å². The molecule has 0 aromatic carbocycles. The van der Waals surface area contributed by atoms with Crippen molar-refractivity contribution in [1.82, 2.24) is 15.1 Å². The second-order valence-electron chi connectivity index (χ2n) is 7.79. The van der Waals surface area contributed by atoms with E-state index in [9.17, 15) is 9.59 Å². The van der Waals surface area contributed by atoms with Crippen molar-refractivity contribution in [2.45, 2.75) is 65.9 Å². The molecule has 0 spiro atoms. The molecule has 0 aliphatic carbocycles. The number of nitrogens with one attached hydrogen (secondary N) is 1. The topological polar surface area (TPSA) is 61.9 Å². The van der Waals surface area contributed by atoms with Gasteiger partial charge in [-0.05, 0) is 66.1 Å². The highest BCUT2D eigenvalue weighted by molar-refractivity contribution is 5.80. The van der Waals surface area contributed by atoms with Gasteiger partial charge in [0.05, 0.1) is 5.92 Å². The van der Waals surface area contributed by atoms with Crippen LogP contribution in [0.15, 0.2) is 0 Å². The van der Waals surface area contributed by atoms with Crippen molar-refractivity contribution in [1.29, 1.82) is 0 Å². The Morgan fingerprint density at radius 1 is 1.20 bits per heavy atom. The molecule has 0 aromatic heterocycles. The number of ether oxygens (including phenoxy) is 1. The molecule has 0 bridgehead atoms. The Morgan fingerprint density at radius 2 is 1.88 bits per heavy atom. The predicted molar refractivity (Wildman–Crippen MR) is 101 cm³/mol. The van der Waals surface area contributed by atoms with Crippen molar-refractivity contribution in [3.8, 4) is 0 Å². The largest absolute Gasteiger partial charge is 0.444 e. The van der Waals surface area contributed by atoms with Gasteiger partial charge in [0.2, 0.25) is 5.91 Å². The van der Waals surface area contributed by atoms with Crippen LogP contribution >= 0.6 is 0 Å². The van der Waals surface area contributed by atoms with Gasteiger partial charge in [-0.3, -0.25) is 4.79 Å². The van der Waals surface area contributed by atoms with E-state index in [-0.39, 0.29) is 17.9 Å². The highest BCUT2D eigenvalue weighted by Gasteiger charge is 2.30. The van der Waals surface area contributed by atoms with Crippen LogP contribution in [-0.4, -0.2) is 66.7 Å². The zero-order chi connectivity index (χ0) is 18.9. The van der Waals surface area contributed by atoms with Crippen LogP contribution in [0, 0.1) is 5.92 Å². The van der Waals surface area contributed by atoms with Crippen LogP contribution in [0.25, 0.3) is 0 Å². The maximum atomic E-state index is 12.4. The number of carbonyl (C=O) groups excluding carboxylic acids is 2. The van der Waals surface area contributed by atoms with Gasteiger partial charge in [0.1, 0.15) is 5.60 Å². The molecule has 0 aromatic rings. The number of amides is 2. The summed E-state index contributed by atoms with van der Waals surface area (Å²) in [6.45, 7) is 15.0. The Kier molecular flexibility index (Phi) is 9.25. The van der Waals surface area contributed by atoms with Gasteiger partial charge in [-0.2, -0.15) is 0 Å². The fourth-order valence-electron chi connectivity index (χ4n) is 3.04. The van der Waals surface area contributed by atoms with Gasteiger partial charge < -0.3 is 19.9 Å². The molecule has 1 atom stereocenters. The third kappa shape index (κ3) is 8.56. The number of rotatable bonds is 8. The van der Waals surface area contributed by atoms with E-state index in [1.165, 1.54) is 0 Å². The van der Waals surface area contributed by atoms with E-state index in [0.717, 1.165) is 45.3 Å². The number of hydrogen-bond donors (Lipinski definition) is 1. The summed E-state index contributed by atoms with van der Waals surface area (Å²) in [5.74, 6) is -0.0554. The number of piperidine rings is 1. The Labute approximate surface area is 153 Å². The lowest BCUT2D eigenvalue weighted by Gasteiger charge is -2.33. The quantitative estimate of drug-likeness (QED) is 0.680. The lowest BCUT2D eigenvalue weighted by molar-refractivity contribution is -0.126. The standard InChI is InChI=1S/C19H37N3O3/c1-6-21(7-2)13-9-8-12-20-17(23)16-11-10-14-22(15-16)18(24)25-19(3,4)5/h16H,6-15H2,1-5H3,(H,20,23). The van der Waals surface area contributed by atoms with Crippen LogP contribution < -0.4 is 5.32 Å². The lowest BCUT2D eigenvalue weighted by Crippen LogP contribution is -2.47. The van der Waals surface area contributed by atoms with Crippen LogP contribution in [0.4, 0.5) is 4.79 Å². The molecule has 0 saturated carbocycles. The van der Waals surface area contributed by atoms with Crippen LogP contribution in [0.3, 0.4) is 0 Å². The van der Waals surface area contributed by atoms with Crippen molar-refractivity contribution in [2.75, 3.05) is 39.3 Å². The van der Waals surface area contributed by atoms with Crippen molar-refractivity contribution in [3.05, 3.63) is 0 Å². The first-order valence-corrected chi connectivity index (χ1v) is 9.74. The van der Waals surface area contributed by atoms with E-state index in [4.69, 9.17) is 4.74 Å². The molecule has 6 heteroatoms. The number of nitrogens with zero attached hydrogens (tertiary/aromatic N) is 2. The molecule has 2 amide bonds. The maximum absolute atomic E-state index is 12.4. The molecule has 1 saturated heterocycles. The Morgan fingerprint density at radius 3 is 2.48 bits per heavy atom. The van der Waals surface area contributed by atoms with E-state index in [1.807, 2.05) is 20.8 Å². The molecular weight excluding hydrogens is 318 g/mol. The summed E-state index contributed by atoms with van der Waals surface area (Å²) < 4.78 is 5.41. The molecule has 1 fully saturated rings. The van der Waals surface area contributed by atoms with Crippen molar-refractivity contribution < 1.29 is 14.3 Å². The van der Waals surface area contributed by atoms with E-state index in [2.05, 4.69) is 24.1 Å². The lowest BCUT2D eigenvalue weighted by atomic mass is 9.97. The fourth-order valence-corrected chi connectivity index (χ4v) is 3.04. The first-order valence-electron chi connectivity index (χ1n) is 9.74. The molecule has 1 aliphatic heterocycles. The first-order chi connectivity index (χ1) is 11.8. The molecule has 1 rings (SSSR count). The van der Waals surface area contributed by atoms with Gasteiger partial charge in [-0.1, -0.05) is 13.8 Å². The van der Waals surface area contributed by atoms with E-state index in [0.29, 0.717) is 19.6 Å². The number of hydrogen-bond acceptors (Lipinski definition) is 4. The molecule has 1 unspecified atom stereocenters. The summed E-state index contributed by atoms with van der Waals surface area (Å²) in [5, 5.41) is 3.03. The van der Waals surface area contributed by atoms with Crippen molar-refractivity contribution >= 4 is 12.0 Å². The molecule has 0 radical (unpaired) electrons. The Hall–Kier alpha value is -1.30. The van der Waals surface area contributed by atoms with Gasteiger partial charge in [0, 0.05) is 19.6 Å². The average molecular weight is 356 g/mol. The summed E-state index contributed by atoms with van der Waals surface area (Å²) in [6, 6.07) is 0. The minimum absolute atomic E-state index is 0.0658. The Bertz CT molecular complexity index is 417. The normalized spacial score (nSPS) is 18.3. The highest BCUT2D eigenvalue weighted by atomic mass is 16.6. The number of likely N-dealkylation sites (tertiary alicyclic amines) is 1. The second-order valence-corrected chi connectivity index (χ2v) is 7.79. The van der Waals surface area contributed by atoms with Crippen molar-refractivity contribution in [3.63, 3.8) is 0 Å². The SMILES string of the molecule is CCN(CC)CCCCNC(=O)C1CCCN(C(=O)OC(C)(C)C)C1. The van der Waals surface area contributed by atoms with Gasteiger partial charge in [-0.15, -0.1) is 0 Å². The third-order valence-corrected chi connectivity index (χ3v) is 4.54. The van der Waals surface area contributed by atoms with Gasteiger partial charge >= 0.3 is 6.09 Å². The zero-order valence-corrected chi connectivity index (χ0v) is 16.8. The first kappa shape index (κ1) is 21.7. The fraction of sp³-hybridized carbons (Fsp3) is 0.895. The van der Waals surface area contributed by atoms with Crippen molar-refractivity contribution in [2.24, 2.45) is 5.92 Å². The smallest absolute Gasteiger partial charge is 0.410 e. The molecule has 25 heavy (non-hydrogen) atoms. The highest BCUT2D eigenvalue weighted by Crippen LogP contribution is 2.19. The van der Waals surface area contributed by atoms with Crippen LogP contribution in [0.2, 0.25) is 0 Å². The van der Waals surface area contributed by atoms with Crippen LogP contribution in [-0.2, 0) is 9.53 Å². The van der Waals surface area contributed by atoms with E-state index >= 15 is 0 Å². The molecule has 1 N–H and O–H groups in total. The van der Waals surface area contributed by atoms with Crippen LogP contribution in [0.1, 0.15) is 60.3 Å². The zero-order valence-electron chi connectivity index (χ0n) is 16.8. The molecule has 1 heterocycles. The Balaban J connectivity index is 2.30. The van der Waals surface area contributed by atoms with E-state index < -0.39 is 5.60 Å². The second kappa shape index (κ2) is 10.6. The average Bonchev–Trinajstić information content (AvgIpc) is 2.56. The minimum atomic E-state index is -0.503. The molecular formula is C19H37N3O3. The summed E-state index contributed by atoms with van der Waals surface area (Å²) in [7, 11) is 0. The molecule has 1 aliphatic rings. The maximum Gasteiger partial charge on any atom is 0.410 e. The molecule has 6 nitrogen and oxygen atoms in total. The number of carbonyl (C=O) groups is 2. The summed E-state index contributed by atoms with van der Waals surface area (Å²) in [5.41, 5.74) is -0.503. The molecule has 146 valence electrons. The monoisotopic (exact) mass is 355 g/mol. The minimum Gasteiger partial charge on any atom is -0.444 e. The van der Waals surface area contributed by atoms with Gasteiger partial charge in [0.15, 0.2) is 0 Å². The summed E-state index contributed by atoms with van der Waals surface area (Å²) >= 11 is 0. The number of unbranched alkanes of at least 4 members (excludes halogenated alkanes) is 1. The third-order valence-electron chi connectivity index (χ3n) is 4.54. The van der Waals surface area contributed by atoms with E-state index in [1.54, 1.807) is 4.90 Å². The van der Waals surface area contributed by atoms with Crippen LogP contribution in [0.5, 0.6) is 0 Å². The summed E-state index contributed by atoms with van der Waals surface area (Å²) in [4.78, 5) is 28.6. The summed E-state index contributed by atoms with van der Waals surface area (Å²) in [6.07, 6.45) is 3.45.